The number of hydrogen-bond acceptors (Lipinski definition) is 3. The highest BCUT2D eigenvalue weighted by molar-refractivity contribution is 7.99. The number of rotatable bonds is 2. The van der Waals surface area contributed by atoms with E-state index in [1.165, 1.54) is 0 Å². The lowest BCUT2D eigenvalue weighted by molar-refractivity contribution is 0.189. The number of thioether (sulfide) groups is 1. The van der Waals surface area contributed by atoms with Crippen LogP contribution in [0.4, 0.5) is 4.79 Å². The van der Waals surface area contributed by atoms with E-state index in [-0.39, 0.29) is 6.04 Å². The third kappa shape index (κ3) is 2.57. The number of carboxylic acid groups (broad SMARTS) is 1. The Morgan fingerprint density at radius 1 is 1.26 bits per heavy atom. The molecular formula is C18H15NO3S. The maximum absolute atomic E-state index is 10.9. The van der Waals surface area contributed by atoms with Crippen molar-refractivity contribution in [2.24, 2.45) is 0 Å². The summed E-state index contributed by atoms with van der Waals surface area (Å²) >= 11 is 1.77. The van der Waals surface area contributed by atoms with E-state index in [2.05, 4.69) is 17.4 Å². The molecule has 1 aromatic heterocycles. The summed E-state index contributed by atoms with van der Waals surface area (Å²) in [6, 6.07) is 14.0. The van der Waals surface area contributed by atoms with Crippen LogP contribution in [0, 0.1) is 0 Å². The summed E-state index contributed by atoms with van der Waals surface area (Å²) in [7, 11) is 0. The van der Waals surface area contributed by atoms with Gasteiger partial charge in [0.25, 0.3) is 0 Å². The molecule has 3 aromatic rings. The minimum atomic E-state index is -0.974. The molecule has 5 heteroatoms. The number of para-hydroxylation sites is 1. The molecule has 4 rings (SSSR count). The highest BCUT2D eigenvalue weighted by Crippen LogP contribution is 2.40. The third-order valence-corrected chi connectivity index (χ3v) is 5.25. The van der Waals surface area contributed by atoms with Gasteiger partial charge in [0.05, 0.1) is 12.3 Å². The Balaban J connectivity index is 1.76. The van der Waals surface area contributed by atoms with Gasteiger partial charge >= 0.3 is 6.09 Å². The van der Waals surface area contributed by atoms with E-state index in [9.17, 15) is 4.79 Å². The minimum Gasteiger partial charge on any atom is -0.465 e. The van der Waals surface area contributed by atoms with E-state index in [0.717, 1.165) is 44.7 Å². The van der Waals surface area contributed by atoms with Crippen LogP contribution in [0.25, 0.3) is 22.1 Å². The van der Waals surface area contributed by atoms with Crippen LogP contribution >= 0.6 is 11.8 Å². The first kappa shape index (κ1) is 14.2. The number of fused-ring (bicyclic) bond motifs is 2. The zero-order valence-corrected chi connectivity index (χ0v) is 13.1. The summed E-state index contributed by atoms with van der Waals surface area (Å²) in [5, 5.41) is 12.7. The number of hydrogen-bond donors (Lipinski definition) is 2. The van der Waals surface area contributed by atoms with Gasteiger partial charge in [0.15, 0.2) is 0 Å². The molecule has 1 atom stereocenters. The Kier molecular flexibility index (Phi) is 3.50. The van der Waals surface area contributed by atoms with Gasteiger partial charge < -0.3 is 14.8 Å². The SMILES string of the molecule is O=C(O)NC1CCSc2cc(-c3coc4ccccc34)ccc21. The van der Waals surface area contributed by atoms with Crippen molar-refractivity contribution in [2.45, 2.75) is 17.4 Å². The number of amides is 1. The highest BCUT2D eigenvalue weighted by Gasteiger charge is 2.23. The molecule has 1 unspecified atom stereocenters. The van der Waals surface area contributed by atoms with Gasteiger partial charge in [-0.05, 0) is 29.7 Å². The van der Waals surface area contributed by atoms with E-state index in [1.807, 2.05) is 30.3 Å². The Morgan fingerprint density at radius 3 is 3.00 bits per heavy atom. The Hall–Kier alpha value is -2.40. The predicted octanol–water partition coefficient (Wildman–Crippen LogP) is 4.90. The molecule has 0 saturated heterocycles. The smallest absolute Gasteiger partial charge is 0.405 e. The molecule has 1 aliphatic heterocycles. The van der Waals surface area contributed by atoms with E-state index >= 15 is 0 Å². The topological polar surface area (TPSA) is 62.5 Å². The lowest BCUT2D eigenvalue weighted by atomic mass is 9.98. The molecule has 0 bridgehead atoms. The molecule has 116 valence electrons. The van der Waals surface area contributed by atoms with Crippen LogP contribution in [0.1, 0.15) is 18.0 Å². The number of furan rings is 1. The molecule has 2 N–H and O–H groups in total. The molecule has 4 nitrogen and oxygen atoms in total. The van der Waals surface area contributed by atoms with Crippen LogP contribution in [0.3, 0.4) is 0 Å². The second-order valence-corrected chi connectivity index (χ2v) is 6.67. The highest BCUT2D eigenvalue weighted by atomic mass is 32.2. The van der Waals surface area contributed by atoms with Crippen molar-refractivity contribution in [3.05, 3.63) is 54.3 Å². The van der Waals surface area contributed by atoms with E-state index < -0.39 is 6.09 Å². The van der Waals surface area contributed by atoms with Crippen molar-refractivity contribution < 1.29 is 14.3 Å². The Morgan fingerprint density at radius 2 is 2.13 bits per heavy atom. The maximum atomic E-state index is 10.9. The average Bonchev–Trinajstić information content (AvgIpc) is 2.98. The van der Waals surface area contributed by atoms with Crippen LogP contribution in [0.2, 0.25) is 0 Å². The summed E-state index contributed by atoms with van der Waals surface area (Å²) in [6.45, 7) is 0. The van der Waals surface area contributed by atoms with Crippen molar-refractivity contribution >= 4 is 28.8 Å². The molecule has 0 fully saturated rings. The molecule has 0 radical (unpaired) electrons. The zero-order valence-electron chi connectivity index (χ0n) is 12.3. The summed E-state index contributed by atoms with van der Waals surface area (Å²) < 4.78 is 5.62. The van der Waals surface area contributed by atoms with Gasteiger partial charge in [-0.3, -0.25) is 0 Å². The van der Waals surface area contributed by atoms with Gasteiger partial charge in [-0.2, -0.15) is 0 Å². The molecule has 0 spiro atoms. The van der Waals surface area contributed by atoms with Crippen molar-refractivity contribution in [3.63, 3.8) is 0 Å². The molecular weight excluding hydrogens is 310 g/mol. The lowest BCUT2D eigenvalue weighted by Crippen LogP contribution is -2.29. The quantitative estimate of drug-likeness (QED) is 0.703. The number of benzene rings is 2. The van der Waals surface area contributed by atoms with Gasteiger partial charge in [-0.1, -0.05) is 30.3 Å². The van der Waals surface area contributed by atoms with Crippen LogP contribution < -0.4 is 5.32 Å². The van der Waals surface area contributed by atoms with Crippen molar-refractivity contribution in [1.82, 2.24) is 5.32 Å². The minimum absolute atomic E-state index is 0.126. The van der Waals surface area contributed by atoms with Crippen LogP contribution in [-0.2, 0) is 0 Å². The van der Waals surface area contributed by atoms with E-state index in [0.29, 0.717) is 0 Å². The summed E-state index contributed by atoms with van der Waals surface area (Å²) in [5.41, 5.74) is 4.09. The van der Waals surface area contributed by atoms with Gasteiger partial charge in [0.2, 0.25) is 0 Å². The molecule has 2 aromatic carbocycles. The van der Waals surface area contributed by atoms with Gasteiger partial charge in [0, 0.05) is 21.6 Å². The molecule has 2 heterocycles. The predicted molar refractivity (Wildman–Crippen MR) is 90.9 cm³/mol. The van der Waals surface area contributed by atoms with Crippen LogP contribution in [-0.4, -0.2) is 17.0 Å². The fourth-order valence-electron chi connectivity index (χ4n) is 3.06. The largest absolute Gasteiger partial charge is 0.465 e. The Labute approximate surface area is 137 Å². The summed E-state index contributed by atoms with van der Waals surface area (Å²) in [5.74, 6) is 0.910. The zero-order chi connectivity index (χ0) is 15.8. The lowest BCUT2D eigenvalue weighted by Gasteiger charge is -2.25. The van der Waals surface area contributed by atoms with E-state index in [1.54, 1.807) is 18.0 Å². The van der Waals surface area contributed by atoms with Gasteiger partial charge in [-0.15, -0.1) is 11.8 Å². The van der Waals surface area contributed by atoms with Crippen LogP contribution in [0.15, 0.2) is 58.0 Å². The van der Waals surface area contributed by atoms with Gasteiger partial charge in [0.1, 0.15) is 5.58 Å². The fraction of sp³-hybridized carbons (Fsp3) is 0.167. The second-order valence-electron chi connectivity index (χ2n) is 5.54. The van der Waals surface area contributed by atoms with E-state index in [4.69, 9.17) is 9.52 Å². The first-order chi connectivity index (χ1) is 11.2. The molecule has 1 aliphatic rings. The monoisotopic (exact) mass is 325 g/mol. The molecule has 1 amide bonds. The summed E-state index contributed by atoms with van der Waals surface area (Å²) in [6.07, 6.45) is 1.63. The third-order valence-electron chi connectivity index (χ3n) is 4.14. The van der Waals surface area contributed by atoms with Gasteiger partial charge in [-0.25, -0.2) is 4.79 Å². The first-order valence-corrected chi connectivity index (χ1v) is 8.44. The maximum Gasteiger partial charge on any atom is 0.405 e. The molecule has 23 heavy (non-hydrogen) atoms. The average molecular weight is 325 g/mol. The number of carbonyl (C=O) groups is 1. The van der Waals surface area contributed by atoms with Crippen molar-refractivity contribution in [2.75, 3.05) is 5.75 Å². The normalized spacial score (nSPS) is 17.0. The number of nitrogens with one attached hydrogen (secondary N) is 1. The first-order valence-electron chi connectivity index (χ1n) is 7.45. The fourth-order valence-corrected chi connectivity index (χ4v) is 4.22. The standard InChI is InChI=1S/C18H15NO3S/c20-18(21)19-15-7-8-23-17-9-11(5-6-13(15)17)14-10-22-16-4-2-1-3-12(14)16/h1-6,9-10,15,19H,7-8H2,(H,20,21). The second kappa shape index (κ2) is 5.66. The molecule has 0 aliphatic carbocycles. The Bertz CT molecular complexity index is 887. The summed E-state index contributed by atoms with van der Waals surface area (Å²) in [4.78, 5) is 12.1. The van der Waals surface area contributed by atoms with Crippen molar-refractivity contribution in [3.8, 4) is 11.1 Å². The molecule has 0 saturated carbocycles. The van der Waals surface area contributed by atoms with Crippen molar-refractivity contribution in [1.29, 1.82) is 0 Å². The van der Waals surface area contributed by atoms with Crippen LogP contribution in [0.5, 0.6) is 0 Å².